The Morgan fingerprint density at radius 3 is 2.58 bits per heavy atom. The van der Waals surface area contributed by atoms with E-state index in [1.165, 1.54) is 4.90 Å². The molecule has 2 aromatic carbocycles. The highest BCUT2D eigenvalue weighted by molar-refractivity contribution is 6.30. The van der Waals surface area contributed by atoms with E-state index in [4.69, 9.17) is 16.7 Å². The van der Waals surface area contributed by atoms with Crippen molar-refractivity contribution >= 4 is 29.3 Å². The maximum Gasteiger partial charge on any atom is 0.407 e. The molecule has 2 N–H and O–H groups in total. The number of hydrogen-bond acceptors (Lipinski definition) is 2. The fourth-order valence-corrected chi connectivity index (χ4v) is 3.04. The second-order valence-electron chi connectivity index (χ2n) is 5.71. The molecule has 1 aliphatic rings. The van der Waals surface area contributed by atoms with Crippen LogP contribution >= 0.6 is 11.6 Å². The van der Waals surface area contributed by atoms with Crippen LogP contribution in [0.4, 0.5) is 10.5 Å². The Morgan fingerprint density at radius 1 is 1.12 bits per heavy atom. The smallest absolute Gasteiger partial charge is 0.407 e. The van der Waals surface area contributed by atoms with E-state index >= 15 is 0 Å². The number of likely N-dealkylation sites (tertiary alicyclic amines) is 1. The summed E-state index contributed by atoms with van der Waals surface area (Å²) in [7, 11) is 0. The molecule has 1 heterocycles. The van der Waals surface area contributed by atoms with Gasteiger partial charge in [-0.25, -0.2) is 4.79 Å². The van der Waals surface area contributed by atoms with Gasteiger partial charge in [0.05, 0.1) is 0 Å². The predicted molar refractivity (Wildman–Crippen MR) is 93.3 cm³/mol. The predicted octanol–water partition coefficient (Wildman–Crippen LogP) is 4.09. The minimum Gasteiger partial charge on any atom is -0.465 e. The van der Waals surface area contributed by atoms with Crippen LogP contribution in [-0.2, 0) is 4.79 Å². The van der Waals surface area contributed by atoms with Gasteiger partial charge in [0.2, 0.25) is 5.91 Å². The standard InChI is InChI=1S/C18H17ClN2O3/c19-14-8-6-12(7-9-14)13-3-1-4-15(11-13)20-17(22)16-5-2-10-21(16)18(23)24/h1,3-4,6-9,11,16H,2,5,10H2,(H,20,22)(H,23,24). The van der Waals surface area contributed by atoms with Crippen LogP contribution in [0.1, 0.15) is 12.8 Å². The van der Waals surface area contributed by atoms with E-state index in [-0.39, 0.29) is 5.91 Å². The molecule has 2 amide bonds. The number of amides is 2. The fraction of sp³-hybridized carbons (Fsp3) is 0.222. The van der Waals surface area contributed by atoms with E-state index in [0.29, 0.717) is 30.1 Å². The Bertz CT molecular complexity index is 761. The summed E-state index contributed by atoms with van der Waals surface area (Å²) in [6, 6.07) is 14.3. The van der Waals surface area contributed by atoms with Crippen molar-refractivity contribution in [1.82, 2.24) is 4.90 Å². The zero-order valence-corrected chi connectivity index (χ0v) is 13.7. The minimum atomic E-state index is -1.05. The lowest BCUT2D eigenvalue weighted by molar-refractivity contribution is -0.119. The first kappa shape index (κ1) is 16.3. The zero-order chi connectivity index (χ0) is 17.1. The quantitative estimate of drug-likeness (QED) is 0.881. The van der Waals surface area contributed by atoms with Gasteiger partial charge in [0.25, 0.3) is 0 Å². The normalized spacial score (nSPS) is 16.9. The van der Waals surface area contributed by atoms with Gasteiger partial charge in [0, 0.05) is 17.3 Å². The van der Waals surface area contributed by atoms with Crippen LogP contribution < -0.4 is 5.32 Å². The highest BCUT2D eigenvalue weighted by atomic mass is 35.5. The average Bonchev–Trinajstić information content (AvgIpc) is 3.06. The van der Waals surface area contributed by atoms with Crippen LogP contribution in [0.3, 0.4) is 0 Å². The molecule has 0 spiro atoms. The number of carboxylic acid groups (broad SMARTS) is 1. The van der Waals surface area contributed by atoms with Crippen LogP contribution in [0.15, 0.2) is 48.5 Å². The Labute approximate surface area is 144 Å². The van der Waals surface area contributed by atoms with Crippen LogP contribution in [0.25, 0.3) is 11.1 Å². The molecule has 6 heteroatoms. The third-order valence-corrected chi connectivity index (χ3v) is 4.36. The van der Waals surface area contributed by atoms with Gasteiger partial charge in [0.15, 0.2) is 0 Å². The van der Waals surface area contributed by atoms with Gasteiger partial charge < -0.3 is 10.4 Å². The number of rotatable bonds is 3. The summed E-state index contributed by atoms with van der Waals surface area (Å²) in [5.74, 6) is -0.289. The molecular weight excluding hydrogens is 328 g/mol. The molecule has 0 radical (unpaired) electrons. The number of carbonyl (C=O) groups is 2. The SMILES string of the molecule is O=C(Nc1cccc(-c2ccc(Cl)cc2)c1)C1CCCN1C(=O)O. The molecule has 5 nitrogen and oxygen atoms in total. The highest BCUT2D eigenvalue weighted by Crippen LogP contribution is 2.25. The summed E-state index contributed by atoms with van der Waals surface area (Å²) in [5.41, 5.74) is 2.58. The molecule has 0 aliphatic carbocycles. The first-order valence-corrected chi connectivity index (χ1v) is 8.09. The lowest BCUT2D eigenvalue weighted by Crippen LogP contribution is -2.42. The molecular formula is C18H17ClN2O3. The van der Waals surface area contributed by atoms with E-state index in [2.05, 4.69) is 5.32 Å². The maximum absolute atomic E-state index is 12.4. The van der Waals surface area contributed by atoms with Crippen molar-refractivity contribution in [3.63, 3.8) is 0 Å². The first-order valence-electron chi connectivity index (χ1n) is 7.71. The van der Waals surface area contributed by atoms with E-state index < -0.39 is 12.1 Å². The van der Waals surface area contributed by atoms with Crippen LogP contribution in [0.5, 0.6) is 0 Å². The fourth-order valence-electron chi connectivity index (χ4n) is 2.91. The molecule has 0 saturated carbocycles. The highest BCUT2D eigenvalue weighted by Gasteiger charge is 2.33. The molecule has 24 heavy (non-hydrogen) atoms. The lowest BCUT2D eigenvalue weighted by Gasteiger charge is -2.20. The molecule has 1 saturated heterocycles. The summed E-state index contributed by atoms with van der Waals surface area (Å²) in [4.78, 5) is 24.8. The van der Waals surface area contributed by atoms with Crippen molar-refractivity contribution in [2.75, 3.05) is 11.9 Å². The van der Waals surface area contributed by atoms with Crippen LogP contribution in [-0.4, -0.2) is 34.6 Å². The van der Waals surface area contributed by atoms with Gasteiger partial charge in [-0.15, -0.1) is 0 Å². The third-order valence-electron chi connectivity index (χ3n) is 4.11. The van der Waals surface area contributed by atoms with Gasteiger partial charge in [-0.1, -0.05) is 35.9 Å². The first-order chi connectivity index (χ1) is 11.5. The Kier molecular flexibility index (Phi) is 4.71. The van der Waals surface area contributed by atoms with E-state index in [1.54, 1.807) is 6.07 Å². The van der Waals surface area contributed by atoms with Gasteiger partial charge in [-0.05, 0) is 48.2 Å². The van der Waals surface area contributed by atoms with E-state index in [1.807, 2.05) is 42.5 Å². The summed E-state index contributed by atoms with van der Waals surface area (Å²) in [5, 5.41) is 12.6. The molecule has 2 aromatic rings. The number of benzene rings is 2. The van der Waals surface area contributed by atoms with Crippen molar-refractivity contribution in [2.24, 2.45) is 0 Å². The van der Waals surface area contributed by atoms with Crippen LogP contribution in [0, 0.1) is 0 Å². The van der Waals surface area contributed by atoms with Gasteiger partial charge in [-0.3, -0.25) is 9.69 Å². The van der Waals surface area contributed by atoms with Crippen molar-refractivity contribution in [3.05, 3.63) is 53.6 Å². The summed E-state index contributed by atoms with van der Waals surface area (Å²) >= 11 is 5.90. The Morgan fingerprint density at radius 2 is 1.88 bits per heavy atom. The molecule has 0 bridgehead atoms. The van der Waals surface area contributed by atoms with Gasteiger partial charge >= 0.3 is 6.09 Å². The number of halogens is 1. The van der Waals surface area contributed by atoms with Gasteiger partial charge in [-0.2, -0.15) is 0 Å². The maximum atomic E-state index is 12.4. The van der Waals surface area contributed by atoms with Gasteiger partial charge in [0.1, 0.15) is 6.04 Å². The lowest BCUT2D eigenvalue weighted by atomic mass is 10.1. The van der Waals surface area contributed by atoms with Crippen molar-refractivity contribution < 1.29 is 14.7 Å². The zero-order valence-electron chi connectivity index (χ0n) is 12.9. The second-order valence-corrected chi connectivity index (χ2v) is 6.15. The molecule has 1 fully saturated rings. The summed E-state index contributed by atoms with van der Waals surface area (Å²) < 4.78 is 0. The molecule has 1 atom stereocenters. The minimum absolute atomic E-state index is 0.289. The summed E-state index contributed by atoms with van der Waals surface area (Å²) in [6.07, 6.45) is 0.201. The number of nitrogens with zero attached hydrogens (tertiary/aromatic N) is 1. The van der Waals surface area contributed by atoms with Crippen LogP contribution in [0.2, 0.25) is 5.02 Å². The Hall–Kier alpha value is -2.53. The monoisotopic (exact) mass is 344 g/mol. The molecule has 124 valence electrons. The summed E-state index contributed by atoms with van der Waals surface area (Å²) in [6.45, 7) is 0.401. The number of anilines is 1. The van der Waals surface area contributed by atoms with Crippen molar-refractivity contribution in [1.29, 1.82) is 0 Å². The van der Waals surface area contributed by atoms with Crippen molar-refractivity contribution in [3.8, 4) is 11.1 Å². The van der Waals surface area contributed by atoms with E-state index in [0.717, 1.165) is 11.1 Å². The average molecular weight is 345 g/mol. The number of hydrogen-bond donors (Lipinski definition) is 2. The molecule has 0 aromatic heterocycles. The molecule has 1 unspecified atom stereocenters. The topological polar surface area (TPSA) is 69.6 Å². The number of nitrogens with one attached hydrogen (secondary N) is 1. The Balaban J connectivity index is 1.76. The largest absolute Gasteiger partial charge is 0.465 e. The number of carbonyl (C=O) groups excluding carboxylic acids is 1. The second kappa shape index (κ2) is 6.93. The molecule has 3 rings (SSSR count). The molecule has 1 aliphatic heterocycles. The third kappa shape index (κ3) is 3.51. The van der Waals surface area contributed by atoms with E-state index in [9.17, 15) is 9.59 Å². The van der Waals surface area contributed by atoms with Crippen molar-refractivity contribution in [2.45, 2.75) is 18.9 Å².